The second kappa shape index (κ2) is 9.02. The third kappa shape index (κ3) is 4.46. The third-order valence-electron chi connectivity index (χ3n) is 5.57. The minimum atomic E-state index is -0.299. The lowest BCUT2D eigenvalue weighted by atomic mass is 10.1. The molecule has 0 radical (unpaired) electrons. The molecule has 4 aromatic rings. The summed E-state index contributed by atoms with van der Waals surface area (Å²) < 4.78 is 13.1. The Bertz CT molecular complexity index is 1200. The van der Waals surface area contributed by atoms with Crippen LogP contribution in [0.1, 0.15) is 16.2 Å². The molecule has 0 atom stereocenters. The molecule has 0 unspecified atom stereocenters. The summed E-state index contributed by atoms with van der Waals surface area (Å²) in [6.45, 7) is 3.68. The average molecular weight is 448 g/mol. The monoisotopic (exact) mass is 447 g/mol. The van der Waals surface area contributed by atoms with Crippen molar-refractivity contribution >= 4 is 17.2 Å². The Labute approximate surface area is 189 Å². The molecule has 0 saturated carbocycles. The Morgan fingerprint density at radius 3 is 2.50 bits per heavy atom. The second-order valence-electron chi connectivity index (χ2n) is 7.75. The summed E-state index contributed by atoms with van der Waals surface area (Å²) in [6.07, 6.45) is 0. The first kappa shape index (κ1) is 20.5. The van der Waals surface area contributed by atoms with Gasteiger partial charge in [0.1, 0.15) is 16.5 Å². The second-order valence-corrected chi connectivity index (χ2v) is 8.61. The van der Waals surface area contributed by atoms with E-state index in [0.29, 0.717) is 24.5 Å². The fraction of sp³-hybridized carbons (Fsp3) is 0.208. The number of aromatic amines is 1. The Balaban J connectivity index is 1.17. The predicted octanol–water partition coefficient (Wildman–Crippen LogP) is 4.30. The average Bonchev–Trinajstić information content (AvgIpc) is 3.51. The maximum absolute atomic E-state index is 13.1. The number of rotatable bonds is 5. The van der Waals surface area contributed by atoms with E-state index in [1.807, 2.05) is 23.1 Å². The van der Waals surface area contributed by atoms with Gasteiger partial charge in [-0.15, -0.1) is 11.3 Å². The number of amides is 1. The van der Waals surface area contributed by atoms with Gasteiger partial charge in [-0.25, -0.2) is 9.37 Å². The summed E-state index contributed by atoms with van der Waals surface area (Å²) >= 11 is 1.66. The van der Waals surface area contributed by atoms with Crippen LogP contribution in [0.5, 0.6) is 0 Å². The maximum atomic E-state index is 13.1. The molecule has 8 heteroatoms. The number of H-pyrrole nitrogens is 1. The van der Waals surface area contributed by atoms with E-state index in [0.717, 1.165) is 41.5 Å². The fourth-order valence-electron chi connectivity index (χ4n) is 3.80. The van der Waals surface area contributed by atoms with Crippen molar-refractivity contribution < 1.29 is 9.18 Å². The molecule has 1 saturated heterocycles. The standard InChI is InChI=1S/C24H22FN5OS/c25-19-8-6-17(7-9-19)21-14-22(28-27-21)24(31)30-12-10-29(11-13-30)15-20-16-32-23(26-20)18-4-2-1-3-5-18/h1-9,14,16H,10-13,15H2,(H,27,28). The molecule has 1 N–H and O–H groups in total. The van der Waals surface area contributed by atoms with Crippen LogP contribution in [0.15, 0.2) is 66.0 Å². The summed E-state index contributed by atoms with van der Waals surface area (Å²) in [5.74, 6) is -0.363. The van der Waals surface area contributed by atoms with E-state index in [-0.39, 0.29) is 11.7 Å². The molecule has 3 heterocycles. The van der Waals surface area contributed by atoms with Crippen LogP contribution in [-0.4, -0.2) is 57.1 Å². The highest BCUT2D eigenvalue weighted by Crippen LogP contribution is 2.24. The summed E-state index contributed by atoms with van der Waals surface area (Å²) in [5, 5.41) is 10.2. The summed E-state index contributed by atoms with van der Waals surface area (Å²) in [7, 11) is 0. The molecule has 0 spiro atoms. The lowest BCUT2D eigenvalue weighted by Crippen LogP contribution is -2.48. The smallest absolute Gasteiger partial charge is 0.271 e. The Morgan fingerprint density at radius 1 is 1.00 bits per heavy atom. The van der Waals surface area contributed by atoms with E-state index in [1.54, 1.807) is 29.5 Å². The van der Waals surface area contributed by atoms with Gasteiger partial charge in [-0.3, -0.25) is 14.8 Å². The van der Waals surface area contributed by atoms with Gasteiger partial charge in [0.15, 0.2) is 0 Å². The van der Waals surface area contributed by atoms with Crippen molar-refractivity contribution in [2.24, 2.45) is 0 Å². The number of aromatic nitrogens is 3. The number of hydrogen-bond acceptors (Lipinski definition) is 5. The summed E-state index contributed by atoms with van der Waals surface area (Å²) in [4.78, 5) is 21.8. The molecule has 32 heavy (non-hydrogen) atoms. The zero-order chi connectivity index (χ0) is 21.9. The van der Waals surface area contributed by atoms with Gasteiger partial charge < -0.3 is 4.90 Å². The highest BCUT2D eigenvalue weighted by Gasteiger charge is 2.24. The maximum Gasteiger partial charge on any atom is 0.271 e. The number of carbonyl (C=O) groups is 1. The zero-order valence-corrected chi connectivity index (χ0v) is 18.2. The molecular weight excluding hydrogens is 425 g/mol. The van der Waals surface area contributed by atoms with E-state index in [2.05, 4.69) is 32.6 Å². The lowest BCUT2D eigenvalue weighted by Gasteiger charge is -2.34. The van der Waals surface area contributed by atoms with Crippen LogP contribution in [0.2, 0.25) is 0 Å². The minimum absolute atomic E-state index is 0.0643. The van der Waals surface area contributed by atoms with Crippen LogP contribution in [0.4, 0.5) is 4.39 Å². The fourth-order valence-corrected chi connectivity index (χ4v) is 4.62. The van der Waals surface area contributed by atoms with Crippen molar-refractivity contribution in [1.29, 1.82) is 0 Å². The highest BCUT2D eigenvalue weighted by atomic mass is 32.1. The molecule has 2 aromatic heterocycles. The number of nitrogens with zero attached hydrogens (tertiary/aromatic N) is 4. The van der Waals surface area contributed by atoms with E-state index in [9.17, 15) is 9.18 Å². The number of hydrogen-bond donors (Lipinski definition) is 1. The molecule has 6 nitrogen and oxygen atoms in total. The number of halogens is 1. The molecule has 2 aromatic carbocycles. The first-order valence-corrected chi connectivity index (χ1v) is 11.4. The van der Waals surface area contributed by atoms with Crippen molar-refractivity contribution in [2.75, 3.05) is 26.2 Å². The van der Waals surface area contributed by atoms with E-state index in [1.165, 1.54) is 12.1 Å². The van der Waals surface area contributed by atoms with Crippen LogP contribution in [0.25, 0.3) is 21.8 Å². The number of thiazole rings is 1. The van der Waals surface area contributed by atoms with Crippen molar-refractivity contribution in [1.82, 2.24) is 25.0 Å². The minimum Gasteiger partial charge on any atom is -0.335 e. The van der Waals surface area contributed by atoms with Crippen LogP contribution in [0.3, 0.4) is 0 Å². The predicted molar refractivity (Wildman–Crippen MR) is 123 cm³/mol. The van der Waals surface area contributed by atoms with Crippen molar-refractivity contribution in [3.8, 4) is 21.8 Å². The number of carbonyl (C=O) groups excluding carboxylic acids is 1. The first-order chi connectivity index (χ1) is 15.7. The van der Waals surface area contributed by atoms with Crippen molar-refractivity contribution in [3.63, 3.8) is 0 Å². The largest absolute Gasteiger partial charge is 0.335 e. The first-order valence-electron chi connectivity index (χ1n) is 10.5. The molecule has 162 valence electrons. The Hall–Kier alpha value is -3.36. The van der Waals surface area contributed by atoms with Crippen molar-refractivity contribution in [3.05, 3.63) is 83.2 Å². The van der Waals surface area contributed by atoms with Crippen LogP contribution in [0, 0.1) is 5.82 Å². The molecule has 1 aliphatic heterocycles. The number of nitrogens with one attached hydrogen (secondary N) is 1. The van der Waals surface area contributed by atoms with Gasteiger partial charge in [0.25, 0.3) is 5.91 Å². The molecule has 1 amide bonds. The molecule has 0 aliphatic carbocycles. The quantitative estimate of drug-likeness (QED) is 0.496. The van der Waals surface area contributed by atoms with Gasteiger partial charge in [-0.2, -0.15) is 5.10 Å². The molecule has 1 aliphatic rings. The van der Waals surface area contributed by atoms with Gasteiger partial charge >= 0.3 is 0 Å². The van der Waals surface area contributed by atoms with E-state index < -0.39 is 0 Å². The molecule has 1 fully saturated rings. The lowest BCUT2D eigenvalue weighted by molar-refractivity contribution is 0.0621. The zero-order valence-electron chi connectivity index (χ0n) is 17.4. The third-order valence-corrected chi connectivity index (χ3v) is 6.51. The van der Waals surface area contributed by atoms with Gasteiger partial charge in [0.2, 0.25) is 0 Å². The van der Waals surface area contributed by atoms with Crippen LogP contribution >= 0.6 is 11.3 Å². The topological polar surface area (TPSA) is 65.1 Å². The van der Waals surface area contributed by atoms with Gasteiger partial charge in [0, 0.05) is 49.2 Å². The number of piperazine rings is 1. The van der Waals surface area contributed by atoms with E-state index in [4.69, 9.17) is 4.98 Å². The number of benzene rings is 2. The van der Waals surface area contributed by atoms with Gasteiger partial charge in [-0.1, -0.05) is 30.3 Å². The molecule has 0 bridgehead atoms. The van der Waals surface area contributed by atoms with Crippen molar-refractivity contribution in [2.45, 2.75) is 6.54 Å². The molecular formula is C24H22FN5OS. The Morgan fingerprint density at radius 2 is 1.75 bits per heavy atom. The summed E-state index contributed by atoms with van der Waals surface area (Å²) in [5.41, 5.74) is 4.05. The Kier molecular flexibility index (Phi) is 5.79. The molecule has 5 rings (SSSR count). The van der Waals surface area contributed by atoms with Gasteiger partial charge in [-0.05, 0) is 30.3 Å². The van der Waals surface area contributed by atoms with E-state index >= 15 is 0 Å². The van der Waals surface area contributed by atoms with Crippen LogP contribution < -0.4 is 0 Å². The summed E-state index contributed by atoms with van der Waals surface area (Å²) in [6, 6.07) is 18.0. The normalized spacial score (nSPS) is 14.6. The highest BCUT2D eigenvalue weighted by molar-refractivity contribution is 7.13. The van der Waals surface area contributed by atoms with Gasteiger partial charge in [0.05, 0.1) is 11.4 Å². The van der Waals surface area contributed by atoms with Crippen LogP contribution in [-0.2, 0) is 6.54 Å². The SMILES string of the molecule is O=C(c1cc(-c2ccc(F)cc2)n[nH]1)N1CCN(Cc2csc(-c3ccccc3)n2)CC1.